The summed E-state index contributed by atoms with van der Waals surface area (Å²) in [5, 5.41) is 3.90. The van der Waals surface area contributed by atoms with E-state index in [0.717, 1.165) is 10.8 Å². The summed E-state index contributed by atoms with van der Waals surface area (Å²) >= 11 is 6.50. The van der Waals surface area contributed by atoms with Gasteiger partial charge in [0.2, 0.25) is 0 Å². The third-order valence-electron chi connectivity index (χ3n) is 6.71. The molecule has 0 aliphatic heterocycles. The lowest BCUT2D eigenvalue weighted by Crippen LogP contribution is -2.21. The molecule has 3 heterocycles. The molecule has 1 fully saturated rings. The average Bonchev–Trinajstić information content (AvgIpc) is 3.57. The zero-order chi connectivity index (χ0) is 28.7. The molecule has 0 saturated heterocycles. The Hall–Kier alpha value is -3.83. The lowest BCUT2D eigenvalue weighted by atomic mass is 10.0. The molecular weight excluding hydrogens is 563 g/mol. The topological polar surface area (TPSA) is 81.6 Å². The van der Waals surface area contributed by atoms with Crippen LogP contribution in [0.4, 0.5) is 13.2 Å². The Labute approximate surface area is 234 Å². The summed E-state index contributed by atoms with van der Waals surface area (Å²) in [4.78, 5) is 21.5. The molecule has 12 heteroatoms. The molecule has 1 aromatic carbocycles. The first-order chi connectivity index (χ1) is 19.1. The average molecular weight is 586 g/mol. The van der Waals surface area contributed by atoms with Crippen LogP contribution in [0, 0.1) is 18.6 Å². The van der Waals surface area contributed by atoms with E-state index in [9.17, 15) is 13.4 Å². The normalized spacial score (nSPS) is 18.6. The van der Waals surface area contributed by atoms with E-state index in [1.165, 1.54) is 59.8 Å². The number of aliphatic imine (C=N–C) groups is 1. The van der Waals surface area contributed by atoms with Crippen LogP contribution in [0.15, 0.2) is 75.6 Å². The molecule has 1 aliphatic carbocycles. The quantitative estimate of drug-likeness (QED) is 0.252. The highest BCUT2D eigenvalue weighted by Crippen LogP contribution is 2.56. The van der Waals surface area contributed by atoms with Crippen LogP contribution in [-0.2, 0) is 10.8 Å². The van der Waals surface area contributed by atoms with Crippen LogP contribution in [0.25, 0.3) is 11.8 Å². The SMILES string of the molecule is C/C=C/N=C(/C(F)=C/n1c(C)cc(C2CC2c2cc(F)cn3ncnc23)c(Cl)c1=O)c1cccc(S(C)=O)c1F. The number of aryl methyl sites for hydroxylation is 1. The van der Waals surface area contributed by atoms with Crippen molar-refractivity contribution in [3.05, 3.63) is 110 Å². The third-order valence-corrected chi connectivity index (χ3v) is 8.03. The molecule has 0 bridgehead atoms. The van der Waals surface area contributed by atoms with E-state index in [1.807, 2.05) is 0 Å². The van der Waals surface area contributed by atoms with Crippen molar-refractivity contribution in [2.75, 3.05) is 6.26 Å². The molecule has 1 aliphatic rings. The molecular formula is C28H23ClF3N5O2S. The number of fused-ring (bicyclic) bond motifs is 1. The Morgan fingerprint density at radius 3 is 2.70 bits per heavy atom. The van der Waals surface area contributed by atoms with Crippen LogP contribution in [0.5, 0.6) is 0 Å². The summed E-state index contributed by atoms with van der Waals surface area (Å²) in [6.45, 7) is 3.28. The molecule has 40 heavy (non-hydrogen) atoms. The first-order valence-corrected chi connectivity index (χ1v) is 14.1. The van der Waals surface area contributed by atoms with Gasteiger partial charge in [0.25, 0.3) is 5.56 Å². The van der Waals surface area contributed by atoms with Crippen LogP contribution in [0.3, 0.4) is 0 Å². The number of pyridine rings is 2. The highest BCUT2D eigenvalue weighted by molar-refractivity contribution is 7.84. The molecule has 1 saturated carbocycles. The molecule has 3 unspecified atom stereocenters. The molecule has 0 spiro atoms. The van der Waals surface area contributed by atoms with Gasteiger partial charge in [-0.25, -0.2) is 22.7 Å². The van der Waals surface area contributed by atoms with E-state index in [-0.39, 0.29) is 33.0 Å². The molecule has 3 atom stereocenters. The van der Waals surface area contributed by atoms with Crippen LogP contribution in [0.1, 0.15) is 47.6 Å². The summed E-state index contributed by atoms with van der Waals surface area (Å²) in [7, 11) is -1.65. The van der Waals surface area contributed by atoms with Crippen molar-refractivity contribution < 1.29 is 17.4 Å². The van der Waals surface area contributed by atoms with Crippen molar-refractivity contribution in [3.63, 3.8) is 0 Å². The number of hydrogen-bond donors (Lipinski definition) is 0. The molecule has 0 radical (unpaired) electrons. The van der Waals surface area contributed by atoms with Crippen molar-refractivity contribution in [2.24, 2.45) is 4.99 Å². The van der Waals surface area contributed by atoms with Gasteiger partial charge in [-0.05, 0) is 61.9 Å². The van der Waals surface area contributed by atoms with E-state index in [2.05, 4.69) is 15.1 Å². The maximum Gasteiger partial charge on any atom is 0.273 e. The fraction of sp³-hybridized carbons (Fsp3) is 0.214. The Kier molecular flexibility index (Phi) is 7.61. The maximum atomic E-state index is 15.7. The number of aromatic nitrogens is 4. The molecule has 7 nitrogen and oxygen atoms in total. The van der Waals surface area contributed by atoms with Crippen LogP contribution in [-0.4, -0.2) is 35.3 Å². The van der Waals surface area contributed by atoms with Crippen molar-refractivity contribution in [1.82, 2.24) is 19.2 Å². The second-order valence-electron chi connectivity index (χ2n) is 9.33. The fourth-order valence-corrected chi connectivity index (χ4v) is 5.67. The Morgan fingerprint density at radius 1 is 1.23 bits per heavy atom. The van der Waals surface area contributed by atoms with Gasteiger partial charge in [-0.15, -0.1) is 0 Å². The van der Waals surface area contributed by atoms with Gasteiger partial charge in [0.1, 0.15) is 28.7 Å². The molecule has 5 rings (SSSR count). The zero-order valence-electron chi connectivity index (χ0n) is 21.6. The maximum absolute atomic E-state index is 15.7. The van der Waals surface area contributed by atoms with E-state index in [4.69, 9.17) is 11.6 Å². The molecule has 0 amide bonds. The summed E-state index contributed by atoms with van der Waals surface area (Å²) in [6.07, 6.45) is 8.24. The van der Waals surface area contributed by atoms with Crippen molar-refractivity contribution in [1.29, 1.82) is 0 Å². The first kappa shape index (κ1) is 27.7. The van der Waals surface area contributed by atoms with Crippen molar-refractivity contribution in [2.45, 2.75) is 37.0 Å². The largest absolute Gasteiger partial charge is 0.284 e. The van der Waals surface area contributed by atoms with Gasteiger partial charge < -0.3 is 0 Å². The van der Waals surface area contributed by atoms with Crippen molar-refractivity contribution >= 4 is 40.0 Å². The van der Waals surface area contributed by atoms with Gasteiger partial charge in [0, 0.05) is 29.3 Å². The lowest BCUT2D eigenvalue weighted by molar-refractivity contribution is 0.591. The lowest BCUT2D eigenvalue weighted by Gasteiger charge is -2.12. The minimum Gasteiger partial charge on any atom is -0.284 e. The molecule has 0 N–H and O–H groups in total. The van der Waals surface area contributed by atoms with E-state index in [1.54, 1.807) is 19.9 Å². The van der Waals surface area contributed by atoms with Crippen LogP contribution < -0.4 is 5.56 Å². The van der Waals surface area contributed by atoms with Gasteiger partial charge in [-0.2, -0.15) is 5.10 Å². The second kappa shape index (κ2) is 11.0. The Bertz CT molecular complexity index is 1830. The Balaban J connectivity index is 1.53. The molecule has 4 aromatic rings. The van der Waals surface area contributed by atoms with Gasteiger partial charge in [0.05, 0.1) is 28.1 Å². The van der Waals surface area contributed by atoms with Crippen LogP contribution in [0.2, 0.25) is 5.02 Å². The molecule has 3 aromatic heterocycles. The number of benzene rings is 1. The zero-order valence-corrected chi connectivity index (χ0v) is 23.2. The number of halogens is 4. The summed E-state index contributed by atoms with van der Waals surface area (Å²) < 4.78 is 59.3. The molecule has 206 valence electrons. The van der Waals surface area contributed by atoms with E-state index in [0.29, 0.717) is 28.9 Å². The highest BCUT2D eigenvalue weighted by atomic mass is 35.5. The minimum atomic E-state index is -1.65. The highest BCUT2D eigenvalue weighted by Gasteiger charge is 2.43. The van der Waals surface area contributed by atoms with Gasteiger partial charge in [-0.1, -0.05) is 23.7 Å². The number of rotatable bonds is 7. The van der Waals surface area contributed by atoms with E-state index >= 15 is 8.78 Å². The van der Waals surface area contributed by atoms with Gasteiger partial charge >= 0.3 is 0 Å². The first-order valence-electron chi connectivity index (χ1n) is 12.2. The van der Waals surface area contributed by atoms with Crippen LogP contribution >= 0.6 is 11.6 Å². The van der Waals surface area contributed by atoms with E-state index < -0.39 is 33.8 Å². The predicted molar refractivity (Wildman–Crippen MR) is 149 cm³/mol. The standard InChI is InChI=1S/C28H23ClF3N5O2S/c1-4-8-33-26(17-6-5-7-23(25(17)32)40(3)39)22(31)13-36-15(2)9-20(24(29)28(36)38)18-11-19(18)21-10-16(30)12-37-27(21)34-14-35-37/h4-10,12-14,18-19H,11H2,1-3H3/b8-4+,22-13-,33-26+. The number of hydrogen-bond acceptors (Lipinski definition) is 5. The summed E-state index contributed by atoms with van der Waals surface area (Å²) in [5.74, 6) is -2.61. The minimum absolute atomic E-state index is 0.0973. The summed E-state index contributed by atoms with van der Waals surface area (Å²) in [5.41, 5.74) is 0.881. The number of nitrogens with zero attached hydrogens (tertiary/aromatic N) is 5. The Morgan fingerprint density at radius 2 is 1.98 bits per heavy atom. The van der Waals surface area contributed by atoms with Crippen molar-refractivity contribution in [3.8, 4) is 0 Å². The summed E-state index contributed by atoms with van der Waals surface area (Å²) in [6, 6.07) is 7.21. The predicted octanol–water partition coefficient (Wildman–Crippen LogP) is 5.93. The van der Waals surface area contributed by atoms with Gasteiger partial charge in [-0.3, -0.25) is 18.6 Å². The number of allylic oxidation sites excluding steroid dienone is 2. The second-order valence-corrected chi connectivity index (χ2v) is 11.1. The monoisotopic (exact) mass is 585 g/mol. The smallest absolute Gasteiger partial charge is 0.273 e. The fourth-order valence-electron chi connectivity index (χ4n) is 4.75. The third kappa shape index (κ3) is 5.06. The van der Waals surface area contributed by atoms with Gasteiger partial charge in [0.15, 0.2) is 11.5 Å².